The van der Waals surface area contributed by atoms with Crippen molar-refractivity contribution in [3.8, 4) is 0 Å². The summed E-state index contributed by atoms with van der Waals surface area (Å²) in [5.41, 5.74) is 5.53. The molecule has 1 fully saturated rings. The van der Waals surface area contributed by atoms with E-state index < -0.39 is 10.2 Å². The van der Waals surface area contributed by atoms with Crippen LogP contribution in [0.2, 0.25) is 0 Å². The van der Waals surface area contributed by atoms with Gasteiger partial charge in [0.05, 0.1) is 11.8 Å². The number of nitrogens with zero attached hydrogens (tertiary/aromatic N) is 2. The second kappa shape index (κ2) is 4.22. The minimum Gasteiger partial charge on any atom is -0.409 e. The molecule has 0 spiro atoms. The Morgan fingerprint density at radius 1 is 1.65 bits per heavy atom. The van der Waals surface area contributed by atoms with E-state index in [0.717, 1.165) is 12.8 Å². The third-order valence-electron chi connectivity index (χ3n) is 2.16. The van der Waals surface area contributed by atoms with Crippen LogP contribution in [0.4, 0.5) is 5.82 Å². The topological polar surface area (TPSA) is 145 Å². The van der Waals surface area contributed by atoms with Crippen molar-refractivity contribution >= 4 is 21.9 Å². The lowest BCUT2D eigenvalue weighted by Gasteiger charge is -2.07. The second-order valence-corrected chi connectivity index (χ2v) is 5.09. The summed E-state index contributed by atoms with van der Waals surface area (Å²) < 4.78 is 27.8. The zero-order valence-corrected chi connectivity index (χ0v) is 9.53. The van der Waals surface area contributed by atoms with Gasteiger partial charge in [-0.05, 0) is 12.8 Å². The molecule has 6 N–H and O–H groups in total. The van der Waals surface area contributed by atoms with Crippen molar-refractivity contribution in [1.82, 2.24) is 14.9 Å². The molecule has 1 heterocycles. The van der Waals surface area contributed by atoms with Gasteiger partial charge < -0.3 is 10.9 Å². The number of aromatic amines is 1. The van der Waals surface area contributed by atoms with Crippen LogP contribution < -0.4 is 15.2 Å². The number of rotatable bonds is 5. The van der Waals surface area contributed by atoms with Crippen LogP contribution in [0.25, 0.3) is 0 Å². The summed E-state index contributed by atoms with van der Waals surface area (Å²) in [6.07, 6.45) is 2.91. The van der Waals surface area contributed by atoms with Gasteiger partial charge in [-0.1, -0.05) is 5.16 Å². The van der Waals surface area contributed by atoms with E-state index in [1.165, 1.54) is 6.20 Å². The van der Waals surface area contributed by atoms with Crippen molar-refractivity contribution in [3.05, 3.63) is 11.8 Å². The maximum Gasteiger partial charge on any atom is 0.300 e. The molecule has 0 amide bonds. The molecule has 94 valence electrons. The number of amidine groups is 1. The smallest absolute Gasteiger partial charge is 0.300 e. The zero-order chi connectivity index (χ0) is 12.5. The molecular formula is C7H12N6O3S. The number of nitrogens with one attached hydrogen (secondary N) is 3. The number of hydrogen-bond acceptors (Lipinski definition) is 5. The van der Waals surface area contributed by atoms with Crippen molar-refractivity contribution < 1.29 is 13.6 Å². The molecule has 10 heteroatoms. The van der Waals surface area contributed by atoms with Crippen molar-refractivity contribution in [2.75, 3.05) is 4.72 Å². The van der Waals surface area contributed by atoms with E-state index in [9.17, 15) is 8.42 Å². The van der Waals surface area contributed by atoms with Gasteiger partial charge in [-0.15, -0.1) is 0 Å². The molecule has 1 aliphatic rings. The Hall–Kier alpha value is -1.81. The summed E-state index contributed by atoms with van der Waals surface area (Å²) in [4.78, 5) is 0. The van der Waals surface area contributed by atoms with Crippen LogP contribution in [0.15, 0.2) is 11.4 Å². The van der Waals surface area contributed by atoms with E-state index in [4.69, 9.17) is 10.9 Å². The number of oxime groups is 1. The maximum atomic E-state index is 11.6. The van der Waals surface area contributed by atoms with Gasteiger partial charge >= 0.3 is 10.2 Å². The van der Waals surface area contributed by atoms with Crippen molar-refractivity contribution in [1.29, 1.82) is 0 Å². The Morgan fingerprint density at radius 3 is 2.94 bits per heavy atom. The third-order valence-corrected chi connectivity index (χ3v) is 3.28. The van der Waals surface area contributed by atoms with Crippen LogP contribution in [0.3, 0.4) is 0 Å². The van der Waals surface area contributed by atoms with Crippen LogP contribution in [-0.2, 0) is 10.2 Å². The van der Waals surface area contributed by atoms with Crippen molar-refractivity contribution in [3.63, 3.8) is 0 Å². The molecule has 1 aromatic heterocycles. The number of nitrogens with two attached hydrogens (primary N) is 1. The maximum absolute atomic E-state index is 11.6. The van der Waals surface area contributed by atoms with Gasteiger partial charge in [-0.3, -0.25) is 9.82 Å². The van der Waals surface area contributed by atoms with E-state index in [0.29, 0.717) is 0 Å². The standard InChI is InChI=1S/C7H12N6O3S/c8-6(11-14)5-3-9-10-7(5)13-17(15,16)12-4-1-2-4/h3-4,12,14H,1-2H2,(H2,8,11)(H2,9,10,13). The second-order valence-electron chi connectivity index (χ2n) is 3.64. The molecule has 0 aromatic carbocycles. The lowest BCUT2D eigenvalue weighted by molar-refractivity contribution is 0.318. The molecule has 0 saturated heterocycles. The van der Waals surface area contributed by atoms with E-state index in [1.807, 2.05) is 0 Å². The van der Waals surface area contributed by atoms with Gasteiger partial charge in [0.2, 0.25) is 0 Å². The van der Waals surface area contributed by atoms with Crippen LogP contribution >= 0.6 is 0 Å². The molecule has 9 nitrogen and oxygen atoms in total. The molecule has 0 bridgehead atoms. The fourth-order valence-corrected chi connectivity index (χ4v) is 2.35. The first-order chi connectivity index (χ1) is 8.02. The molecule has 0 atom stereocenters. The molecule has 1 aromatic rings. The fraction of sp³-hybridized carbons (Fsp3) is 0.429. The predicted octanol–water partition coefficient (Wildman–Crippen LogP) is -1.09. The average molecular weight is 260 g/mol. The Kier molecular flexibility index (Phi) is 2.90. The van der Waals surface area contributed by atoms with Crippen LogP contribution in [0.1, 0.15) is 18.4 Å². The zero-order valence-electron chi connectivity index (χ0n) is 8.71. The highest BCUT2D eigenvalue weighted by molar-refractivity contribution is 7.90. The SMILES string of the molecule is NC(=NO)c1cn[nH]c1NS(=O)(=O)NC1CC1. The first-order valence-electron chi connectivity index (χ1n) is 4.83. The van der Waals surface area contributed by atoms with E-state index >= 15 is 0 Å². The average Bonchev–Trinajstić information content (AvgIpc) is 2.93. The largest absolute Gasteiger partial charge is 0.409 e. The van der Waals surface area contributed by atoms with Crippen LogP contribution in [-0.4, -0.2) is 35.7 Å². The molecular weight excluding hydrogens is 248 g/mol. The lowest BCUT2D eigenvalue weighted by atomic mass is 10.3. The van der Waals surface area contributed by atoms with Crippen LogP contribution in [0, 0.1) is 0 Å². The number of aromatic nitrogens is 2. The van der Waals surface area contributed by atoms with Gasteiger partial charge in [0, 0.05) is 6.04 Å². The molecule has 1 aliphatic carbocycles. The third kappa shape index (κ3) is 2.85. The van der Waals surface area contributed by atoms with Crippen LogP contribution in [0.5, 0.6) is 0 Å². The van der Waals surface area contributed by atoms with Gasteiger partial charge in [-0.2, -0.15) is 18.2 Å². The van der Waals surface area contributed by atoms with Gasteiger partial charge in [0.25, 0.3) is 0 Å². The lowest BCUT2D eigenvalue weighted by Crippen LogP contribution is -2.32. The summed E-state index contributed by atoms with van der Waals surface area (Å²) in [5.74, 6) is -0.184. The quantitative estimate of drug-likeness (QED) is 0.198. The van der Waals surface area contributed by atoms with Gasteiger partial charge in [0.1, 0.15) is 5.82 Å². The highest BCUT2D eigenvalue weighted by Gasteiger charge is 2.27. The molecule has 0 aliphatic heterocycles. The minimum atomic E-state index is -3.67. The Morgan fingerprint density at radius 2 is 2.35 bits per heavy atom. The van der Waals surface area contributed by atoms with Crippen molar-refractivity contribution in [2.24, 2.45) is 10.9 Å². The van der Waals surface area contributed by atoms with Gasteiger partial charge in [0.15, 0.2) is 5.84 Å². The Bertz CT molecular complexity index is 532. The van der Waals surface area contributed by atoms with E-state index in [-0.39, 0.29) is 23.3 Å². The number of H-pyrrole nitrogens is 1. The Labute approximate surface area is 97.3 Å². The normalized spacial score (nSPS) is 17.1. The van der Waals surface area contributed by atoms with E-state index in [1.54, 1.807) is 0 Å². The highest BCUT2D eigenvalue weighted by Crippen LogP contribution is 2.20. The predicted molar refractivity (Wildman–Crippen MR) is 59.8 cm³/mol. The Balaban J connectivity index is 2.15. The monoisotopic (exact) mass is 260 g/mol. The molecule has 0 unspecified atom stereocenters. The fourth-order valence-electron chi connectivity index (χ4n) is 1.20. The summed E-state index contributed by atoms with van der Waals surface area (Å²) in [6.45, 7) is 0. The summed E-state index contributed by atoms with van der Waals surface area (Å²) in [6, 6.07) is -0.0114. The molecule has 17 heavy (non-hydrogen) atoms. The minimum absolute atomic E-state index is 0.0114. The summed E-state index contributed by atoms with van der Waals surface area (Å²) in [7, 11) is -3.67. The highest BCUT2D eigenvalue weighted by atomic mass is 32.2. The van der Waals surface area contributed by atoms with Crippen molar-refractivity contribution in [2.45, 2.75) is 18.9 Å². The number of hydrogen-bond donors (Lipinski definition) is 5. The van der Waals surface area contributed by atoms with E-state index in [2.05, 4.69) is 24.8 Å². The number of anilines is 1. The summed E-state index contributed by atoms with van der Waals surface area (Å²) >= 11 is 0. The van der Waals surface area contributed by atoms with Gasteiger partial charge in [-0.25, -0.2) is 0 Å². The molecule has 1 saturated carbocycles. The molecule has 2 rings (SSSR count). The molecule has 0 radical (unpaired) electrons. The first kappa shape index (κ1) is 11.7. The summed E-state index contributed by atoms with van der Waals surface area (Å²) in [5, 5.41) is 17.3. The first-order valence-corrected chi connectivity index (χ1v) is 6.31.